The topological polar surface area (TPSA) is 33.1 Å². The van der Waals surface area contributed by atoms with Crippen LogP contribution in [0, 0.1) is 0 Å². The van der Waals surface area contributed by atoms with Crippen molar-refractivity contribution < 1.29 is 0 Å². The third kappa shape index (κ3) is 3.57. The largest absolute Gasteiger partial charge is 0.311 e. The second-order valence-electron chi connectivity index (χ2n) is 6.83. The molecule has 1 fully saturated rings. The summed E-state index contributed by atoms with van der Waals surface area (Å²) in [5.41, 5.74) is 2.65. The van der Waals surface area contributed by atoms with Crippen LogP contribution in [0.15, 0.2) is 6.20 Å². The molecule has 1 aliphatic heterocycles. The summed E-state index contributed by atoms with van der Waals surface area (Å²) < 4.78 is 1.93. The Kier molecular flexibility index (Phi) is 4.31. The summed E-state index contributed by atoms with van der Waals surface area (Å²) in [4.78, 5) is 2.46. The maximum Gasteiger partial charge on any atom is 0.0722 e. The quantitative estimate of drug-likeness (QED) is 0.901. The van der Waals surface area contributed by atoms with Crippen molar-refractivity contribution in [2.24, 2.45) is 7.05 Å². The molecule has 0 amide bonds. The van der Waals surface area contributed by atoms with Gasteiger partial charge in [0.05, 0.1) is 5.69 Å². The lowest BCUT2D eigenvalue weighted by atomic mass is 9.89. The summed E-state index contributed by atoms with van der Waals surface area (Å²) in [6.45, 7) is 9.92. The number of aryl methyl sites for hydroxylation is 1. The fraction of sp³-hybridized carbons (Fsp3) is 0.800. The van der Waals surface area contributed by atoms with Crippen molar-refractivity contribution in [1.82, 2.24) is 20.0 Å². The van der Waals surface area contributed by atoms with E-state index < -0.39 is 0 Å². The minimum atomic E-state index is 0.114. The van der Waals surface area contributed by atoms with Crippen LogP contribution in [0.4, 0.5) is 0 Å². The molecule has 1 aromatic heterocycles. The van der Waals surface area contributed by atoms with Crippen LogP contribution in [-0.2, 0) is 19.0 Å². The first-order valence-electron chi connectivity index (χ1n) is 7.32. The van der Waals surface area contributed by atoms with Gasteiger partial charge >= 0.3 is 0 Å². The highest BCUT2D eigenvalue weighted by atomic mass is 15.3. The van der Waals surface area contributed by atoms with Gasteiger partial charge < -0.3 is 10.2 Å². The van der Waals surface area contributed by atoms with Gasteiger partial charge in [-0.15, -0.1) is 0 Å². The summed E-state index contributed by atoms with van der Waals surface area (Å²) in [6.07, 6.45) is 4.80. The third-order valence-electron chi connectivity index (χ3n) is 3.98. The van der Waals surface area contributed by atoms with Crippen molar-refractivity contribution in [3.63, 3.8) is 0 Å². The van der Waals surface area contributed by atoms with Gasteiger partial charge in [0.15, 0.2) is 0 Å². The lowest BCUT2D eigenvalue weighted by molar-refractivity contribution is 0.300. The van der Waals surface area contributed by atoms with Gasteiger partial charge in [0.1, 0.15) is 0 Å². The molecule has 1 saturated heterocycles. The molecule has 19 heavy (non-hydrogen) atoms. The highest BCUT2D eigenvalue weighted by Crippen LogP contribution is 2.24. The molecule has 1 aliphatic rings. The van der Waals surface area contributed by atoms with Crippen molar-refractivity contribution in [3.8, 4) is 0 Å². The van der Waals surface area contributed by atoms with Crippen molar-refractivity contribution in [3.05, 3.63) is 17.5 Å². The van der Waals surface area contributed by atoms with Gasteiger partial charge in [-0.25, -0.2) is 0 Å². The maximum absolute atomic E-state index is 4.61. The number of likely N-dealkylation sites (N-methyl/N-ethyl adjacent to an activating group) is 1. The maximum atomic E-state index is 4.61. The Morgan fingerprint density at radius 1 is 1.37 bits per heavy atom. The average molecular weight is 264 g/mol. The van der Waals surface area contributed by atoms with Gasteiger partial charge in [0.25, 0.3) is 0 Å². The lowest BCUT2D eigenvalue weighted by Gasteiger charge is -2.21. The van der Waals surface area contributed by atoms with E-state index in [9.17, 15) is 0 Å². The molecule has 4 heteroatoms. The van der Waals surface area contributed by atoms with Crippen LogP contribution in [0.25, 0.3) is 0 Å². The summed E-state index contributed by atoms with van der Waals surface area (Å²) in [6, 6.07) is 0.703. The Balaban J connectivity index is 1.92. The zero-order valence-corrected chi connectivity index (χ0v) is 13.0. The molecule has 1 aromatic rings. The molecule has 0 aromatic carbocycles. The Labute approximate surface area is 117 Å². The van der Waals surface area contributed by atoms with Crippen LogP contribution in [0.2, 0.25) is 0 Å². The Hall–Kier alpha value is -0.870. The van der Waals surface area contributed by atoms with Crippen LogP contribution in [0.1, 0.15) is 44.9 Å². The number of rotatable bonds is 4. The van der Waals surface area contributed by atoms with Gasteiger partial charge in [-0.05, 0) is 26.4 Å². The van der Waals surface area contributed by atoms with E-state index in [1.807, 2.05) is 11.7 Å². The fourth-order valence-corrected chi connectivity index (χ4v) is 2.91. The highest BCUT2D eigenvalue weighted by molar-refractivity contribution is 5.23. The van der Waals surface area contributed by atoms with Crippen molar-refractivity contribution in [2.75, 3.05) is 20.1 Å². The second kappa shape index (κ2) is 5.63. The Bertz CT molecular complexity index is 416. The first-order valence-corrected chi connectivity index (χ1v) is 7.32. The van der Waals surface area contributed by atoms with Gasteiger partial charge in [-0.2, -0.15) is 5.10 Å². The summed E-state index contributed by atoms with van der Waals surface area (Å²) >= 11 is 0. The van der Waals surface area contributed by atoms with Crippen molar-refractivity contribution in [1.29, 1.82) is 0 Å². The number of hydrogen-bond acceptors (Lipinski definition) is 3. The summed E-state index contributed by atoms with van der Waals surface area (Å²) in [5, 5.41) is 8.22. The smallest absolute Gasteiger partial charge is 0.0722 e. The summed E-state index contributed by atoms with van der Waals surface area (Å²) in [7, 11) is 4.23. The third-order valence-corrected chi connectivity index (χ3v) is 3.98. The van der Waals surface area contributed by atoms with Gasteiger partial charge in [0, 0.05) is 43.4 Å². The number of likely N-dealkylation sites (tertiary alicyclic amines) is 1. The SMILES string of the molecule is CN1CCCC1CNCc1cn(C)nc1C(C)(C)C. The summed E-state index contributed by atoms with van der Waals surface area (Å²) in [5.74, 6) is 0. The van der Waals surface area contributed by atoms with Crippen LogP contribution in [-0.4, -0.2) is 40.9 Å². The highest BCUT2D eigenvalue weighted by Gasteiger charge is 2.23. The molecule has 1 N–H and O–H groups in total. The monoisotopic (exact) mass is 264 g/mol. The van der Waals surface area contributed by atoms with E-state index in [1.54, 1.807) is 0 Å². The Morgan fingerprint density at radius 3 is 2.68 bits per heavy atom. The van der Waals surface area contributed by atoms with Gasteiger partial charge in [-0.1, -0.05) is 20.8 Å². The zero-order chi connectivity index (χ0) is 14.0. The molecule has 0 bridgehead atoms. The molecular formula is C15H28N4. The molecule has 2 rings (SSSR count). The number of nitrogens with one attached hydrogen (secondary N) is 1. The first kappa shape index (κ1) is 14.5. The van der Waals surface area contributed by atoms with E-state index in [0.717, 1.165) is 13.1 Å². The Morgan fingerprint density at radius 2 is 2.11 bits per heavy atom. The van der Waals surface area contributed by atoms with Crippen molar-refractivity contribution >= 4 is 0 Å². The number of hydrogen-bond donors (Lipinski definition) is 1. The molecule has 1 unspecified atom stereocenters. The van der Waals surface area contributed by atoms with Gasteiger partial charge in [0.2, 0.25) is 0 Å². The van der Waals surface area contributed by atoms with E-state index in [1.165, 1.54) is 30.6 Å². The predicted molar refractivity (Wildman–Crippen MR) is 79.3 cm³/mol. The standard InChI is InChI=1S/C15H28N4/c1-15(2,3)14-12(11-19(5)17-14)9-16-10-13-7-6-8-18(13)4/h11,13,16H,6-10H2,1-5H3. The molecule has 1 atom stereocenters. The molecule has 0 saturated carbocycles. The zero-order valence-electron chi connectivity index (χ0n) is 13.0. The molecule has 0 aliphatic carbocycles. The fourth-order valence-electron chi connectivity index (χ4n) is 2.91. The van der Waals surface area contributed by atoms with E-state index in [2.05, 4.69) is 49.3 Å². The molecule has 2 heterocycles. The number of nitrogens with zero attached hydrogens (tertiary/aromatic N) is 3. The molecule has 0 radical (unpaired) electrons. The van der Waals surface area contributed by atoms with E-state index in [-0.39, 0.29) is 5.41 Å². The minimum absolute atomic E-state index is 0.114. The molecule has 4 nitrogen and oxygen atoms in total. The molecular weight excluding hydrogens is 236 g/mol. The van der Waals surface area contributed by atoms with E-state index in [4.69, 9.17) is 0 Å². The van der Waals surface area contributed by atoms with E-state index >= 15 is 0 Å². The lowest BCUT2D eigenvalue weighted by Crippen LogP contribution is -2.35. The van der Waals surface area contributed by atoms with Gasteiger partial charge in [-0.3, -0.25) is 4.68 Å². The first-order chi connectivity index (χ1) is 8.88. The van der Waals surface area contributed by atoms with Crippen LogP contribution in [0.5, 0.6) is 0 Å². The predicted octanol–water partition coefficient (Wildman–Crippen LogP) is 1.90. The van der Waals surface area contributed by atoms with Crippen molar-refractivity contribution in [2.45, 2.75) is 51.6 Å². The van der Waals surface area contributed by atoms with Crippen LogP contribution in [0.3, 0.4) is 0 Å². The van der Waals surface area contributed by atoms with Crippen LogP contribution >= 0.6 is 0 Å². The number of aromatic nitrogens is 2. The second-order valence-corrected chi connectivity index (χ2v) is 6.83. The van der Waals surface area contributed by atoms with Crippen LogP contribution < -0.4 is 5.32 Å². The average Bonchev–Trinajstić information content (AvgIpc) is 2.85. The minimum Gasteiger partial charge on any atom is -0.311 e. The molecule has 108 valence electrons. The van der Waals surface area contributed by atoms with E-state index in [0.29, 0.717) is 6.04 Å². The normalized spacial score (nSPS) is 21.2. The molecule has 0 spiro atoms.